The third kappa shape index (κ3) is 4.23. The lowest BCUT2D eigenvalue weighted by Gasteiger charge is -2.44. The number of aryl methyl sites for hydroxylation is 2. The number of rotatable bonds is 5. The average Bonchev–Trinajstić information content (AvgIpc) is 2.73. The third-order valence-corrected chi connectivity index (χ3v) is 6.94. The number of carbonyl (C=O) groups is 2. The van der Waals surface area contributed by atoms with Crippen LogP contribution in [-0.2, 0) is 11.3 Å². The van der Waals surface area contributed by atoms with Crippen LogP contribution in [0.3, 0.4) is 0 Å². The van der Waals surface area contributed by atoms with E-state index in [-0.39, 0.29) is 34.9 Å². The van der Waals surface area contributed by atoms with Gasteiger partial charge in [-0.15, -0.1) is 0 Å². The molecule has 0 radical (unpaired) electrons. The van der Waals surface area contributed by atoms with E-state index in [0.29, 0.717) is 35.8 Å². The highest BCUT2D eigenvalue weighted by Crippen LogP contribution is 2.37. The maximum Gasteiger partial charge on any atom is 0.256 e. The zero-order chi connectivity index (χ0) is 22.1. The first-order chi connectivity index (χ1) is 14.9. The molecule has 0 bridgehead atoms. The number of fused-ring (bicyclic) bond motifs is 2. The van der Waals surface area contributed by atoms with Crippen molar-refractivity contribution in [2.75, 3.05) is 0 Å². The number of nitrogens with one attached hydrogen (secondary N) is 2. The van der Waals surface area contributed by atoms with E-state index in [2.05, 4.69) is 22.5 Å². The van der Waals surface area contributed by atoms with Crippen LogP contribution in [0.15, 0.2) is 23.1 Å². The third-order valence-electron chi connectivity index (χ3n) is 6.94. The molecule has 0 aromatic carbocycles. The molecule has 2 aromatic rings. The quantitative estimate of drug-likeness (QED) is 0.772. The van der Waals surface area contributed by atoms with E-state index < -0.39 is 0 Å². The normalized spacial score (nSPS) is 25.7. The molecule has 1 aliphatic heterocycles. The standard InChI is InChI=1S/C24H32N4O3/c1-4-6-15-11-21(29)27-20-12-16(8-10-17(15)20)26-24(31)19-13-28(5-2)23-18(22(19)30)9-7-14(3)25-23/h7,9,13,15-17,20H,4-6,8,10-12H2,1-3H3,(H,26,31)(H,27,29). The predicted octanol–water partition coefficient (Wildman–Crippen LogP) is 2.93. The fraction of sp³-hybridized carbons (Fsp3) is 0.583. The molecule has 3 heterocycles. The minimum atomic E-state index is -0.342. The van der Waals surface area contributed by atoms with Crippen molar-refractivity contribution < 1.29 is 9.59 Å². The van der Waals surface area contributed by atoms with Gasteiger partial charge in [-0.1, -0.05) is 13.3 Å². The van der Waals surface area contributed by atoms with Crippen LogP contribution in [0.2, 0.25) is 0 Å². The molecular weight excluding hydrogens is 392 g/mol. The van der Waals surface area contributed by atoms with Gasteiger partial charge >= 0.3 is 0 Å². The Morgan fingerprint density at radius 2 is 2.06 bits per heavy atom. The average molecular weight is 425 g/mol. The Kier molecular flexibility index (Phi) is 6.12. The summed E-state index contributed by atoms with van der Waals surface area (Å²) in [7, 11) is 0. The van der Waals surface area contributed by atoms with Gasteiger partial charge in [-0.3, -0.25) is 14.4 Å². The first-order valence-electron chi connectivity index (χ1n) is 11.5. The summed E-state index contributed by atoms with van der Waals surface area (Å²) in [4.78, 5) is 42.7. The Hall–Kier alpha value is -2.70. The molecule has 1 saturated carbocycles. The molecule has 2 aromatic heterocycles. The zero-order valence-corrected chi connectivity index (χ0v) is 18.6. The molecule has 7 nitrogen and oxygen atoms in total. The zero-order valence-electron chi connectivity index (χ0n) is 18.6. The van der Waals surface area contributed by atoms with Crippen molar-refractivity contribution in [1.82, 2.24) is 20.2 Å². The highest BCUT2D eigenvalue weighted by molar-refractivity contribution is 5.97. The van der Waals surface area contributed by atoms with Crippen molar-refractivity contribution in [2.24, 2.45) is 11.8 Å². The van der Waals surface area contributed by atoms with Crippen molar-refractivity contribution in [3.05, 3.63) is 39.8 Å². The van der Waals surface area contributed by atoms with Gasteiger partial charge in [0.05, 0.1) is 5.39 Å². The Morgan fingerprint density at radius 3 is 2.81 bits per heavy atom. The minimum Gasteiger partial charge on any atom is -0.353 e. The SMILES string of the molecule is CCCC1CC(=O)NC2CC(NC(=O)c3cn(CC)c4nc(C)ccc4c3=O)CCC12. The summed E-state index contributed by atoms with van der Waals surface area (Å²) in [5.74, 6) is 0.701. The molecule has 4 rings (SSSR count). The van der Waals surface area contributed by atoms with Crippen LogP contribution in [0.25, 0.3) is 11.0 Å². The van der Waals surface area contributed by atoms with Crippen LogP contribution in [0.1, 0.15) is 68.4 Å². The van der Waals surface area contributed by atoms with E-state index in [1.54, 1.807) is 18.3 Å². The van der Waals surface area contributed by atoms with Crippen molar-refractivity contribution in [3.8, 4) is 0 Å². The lowest BCUT2D eigenvalue weighted by Crippen LogP contribution is -2.55. The Labute approximate surface area is 182 Å². The van der Waals surface area contributed by atoms with Gasteiger partial charge in [0.2, 0.25) is 11.3 Å². The molecule has 4 atom stereocenters. The summed E-state index contributed by atoms with van der Waals surface area (Å²) < 4.78 is 1.85. The van der Waals surface area contributed by atoms with Crippen LogP contribution in [0.5, 0.6) is 0 Å². The topological polar surface area (TPSA) is 93.1 Å². The molecule has 31 heavy (non-hydrogen) atoms. The molecule has 4 unspecified atom stereocenters. The molecular formula is C24H32N4O3. The summed E-state index contributed by atoms with van der Waals surface area (Å²) in [6.07, 6.45) is 6.98. The van der Waals surface area contributed by atoms with Gasteiger partial charge in [0.25, 0.3) is 5.91 Å². The van der Waals surface area contributed by atoms with Crippen molar-refractivity contribution in [1.29, 1.82) is 0 Å². The van der Waals surface area contributed by atoms with Gasteiger partial charge in [0, 0.05) is 36.9 Å². The highest BCUT2D eigenvalue weighted by Gasteiger charge is 2.40. The summed E-state index contributed by atoms with van der Waals surface area (Å²) in [5, 5.41) is 6.68. The van der Waals surface area contributed by atoms with Crippen LogP contribution in [-0.4, -0.2) is 33.4 Å². The van der Waals surface area contributed by atoms with Crippen molar-refractivity contribution >= 4 is 22.8 Å². The fourth-order valence-electron chi connectivity index (χ4n) is 5.42. The second-order valence-electron chi connectivity index (χ2n) is 9.06. The van der Waals surface area contributed by atoms with Gasteiger partial charge in [-0.2, -0.15) is 0 Å². The van der Waals surface area contributed by atoms with E-state index in [9.17, 15) is 14.4 Å². The van der Waals surface area contributed by atoms with Crippen molar-refractivity contribution in [2.45, 2.75) is 77.9 Å². The Morgan fingerprint density at radius 1 is 1.26 bits per heavy atom. The number of hydrogen-bond acceptors (Lipinski definition) is 4. The number of carbonyl (C=O) groups excluding carboxylic acids is 2. The van der Waals surface area contributed by atoms with Gasteiger partial charge in [0.15, 0.2) is 0 Å². The van der Waals surface area contributed by atoms with E-state index in [4.69, 9.17) is 0 Å². The number of pyridine rings is 2. The molecule has 2 fully saturated rings. The van der Waals surface area contributed by atoms with E-state index in [0.717, 1.165) is 37.8 Å². The largest absolute Gasteiger partial charge is 0.353 e. The van der Waals surface area contributed by atoms with Crippen LogP contribution in [0, 0.1) is 18.8 Å². The molecule has 1 saturated heterocycles. The lowest BCUT2D eigenvalue weighted by atomic mass is 9.70. The maximum atomic E-state index is 13.1. The second-order valence-corrected chi connectivity index (χ2v) is 9.06. The van der Waals surface area contributed by atoms with Gasteiger partial charge in [-0.25, -0.2) is 4.98 Å². The molecule has 1 aliphatic carbocycles. The summed E-state index contributed by atoms with van der Waals surface area (Å²) in [6.45, 7) is 6.63. The predicted molar refractivity (Wildman–Crippen MR) is 120 cm³/mol. The maximum absolute atomic E-state index is 13.1. The molecule has 2 N–H and O–H groups in total. The molecule has 7 heteroatoms. The minimum absolute atomic E-state index is 0.0456. The molecule has 2 amide bonds. The first kappa shape index (κ1) is 21.5. The van der Waals surface area contributed by atoms with Gasteiger partial charge < -0.3 is 15.2 Å². The number of hydrogen-bond donors (Lipinski definition) is 2. The van der Waals surface area contributed by atoms with Gasteiger partial charge in [-0.05, 0) is 63.5 Å². The Bertz CT molecular complexity index is 1060. The summed E-state index contributed by atoms with van der Waals surface area (Å²) in [6, 6.07) is 3.61. The van der Waals surface area contributed by atoms with Crippen LogP contribution >= 0.6 is 0 Å². The number of nitrogens with zero attached hydrogens (tertiary/aromatic N) is 2. The molecule has 2 aliphatic rings. The number of piperidine rings is 1. The Balaban J connectivity index is 1.53. The second kappa shape index (κ2) is 8.81. The monoisotopic (exact) mass is 424 g/mol. The highest BCUT2D eigenvalue weighted by atomic mass is 16.2. The molecule has 166 valence electrons. The molecule has 0 spiro atoms. The smallest absolute Gasteiger partial charge is 0.256 e. The van der Waals surface area contributed by atoms with E-state index >= 15 is 0 Å². The van der Waals surface area contributed by atoms with E-state index in [1.807, 2.05) is 18.4 Å². The van der Waals surface area contributed by atoms with Gasteiger partial charge in [0.1, 0.15) is 11.2 Å². The summed E-state index contributed by atoms with van der Waals surface area (Å²) in [5.41, 5.74) is 1.31. The first-order valence-corrected chi connectivity index (χ1v) is 11.5. The number of aromatic nitrogens is 2. The lowest BCUT2D eigenvalue weighted by molar-refractivity contribution is -0.127. The van der Waals surface area contributed by atoms with E-state index in [1.165, 1.54) is 0 Å². The van der Waals surface area contributed by atoms with Crippen LogP contribution < -0.4 is 16.1 Å². The van der Waals surface area contributed by atoms with Crippen molar-refractivity contribution in [3.63, 3.8) is 0 Å². The fourth-order valence-corrected chi connectivity index (χ4v) is 5.42. The summed E-state index contributed by atoms with van der Waals surface area (Å²) >= 11 is 0. The number of amides is 2. The van der Waals surface area contributed by atoms with Crippen LogP contribution in [0.4, 0.5) is 0 Å².